The van der Waals surface area contributed by atoms with E-state index < -0.39 is 0 Å². The van der Waals surface area contributed by atoms with E-state index in [1.54, 1.807) is 20.3 Å². The fraction of sp³-hybridized carbons (Fsp3) is 0.200. The molecular formula is C20H20O4. The lowest BCUT2D eigenvalue weighted by Gasteiger charge is -2.24. The number of aliphatic hydroxyl groups excluding tert-OH is 1. The number of aliphatic hydroxyl groups is 1. The van der Waals surface area contributed by atoms with Gasteiger partial charge in [0.1, 0.15) is 23.9 Å². The van der Waals surface area contributed by atoms with Crippen molar-refractivity contribution >= 4 is 0 Å². The Hall–Kier alpha value is -2.88. The van der Waals surface area contributed by atoms with Gasteiger partial charge in [-0.25, -0.2) is 0 Å². The third-order valence-electron chi connectivity index (χ3n) is 4.14. The van der Waals surface area contributed by atoms with Crippen molar-refractivity contribution in [3.05, 3.63) is 83.3 Å². The summed E-state index contributed by atoms with van der Waals surface area (Å²) in [5, 5.41) is 10.3. The van der Waals surface area contributed by atoms with Crippen molar-refractivity contribution in [1.29, 1.82) is 0 Å². The number of methoxy groups -OCH3 is 2. The topological polar surface area (TPSA) is 47.9 Å². The minimum atomic E-state index is -0.105. The molecule has 1 aliphatic heterocycles. The zero-order valence-electron chi connectivity index (χ0n) is 13.7. The molecule has 0 aromatic heterocycles. The summed E-state index contributed by atoms with van der Waals surface area (Å²) >= 11 is 0. The van der Waals surface area contributed by atoms with Crippen LogP contribution in [0.2, 0.25) is 0 Å². The SMILES string of the molecule is COc1ccc(C(C2=C(O)C=COC2)c2ccc(OC)cc2)cc1. The van der Waals surface area contributed by atoms with E-state index in [2.05, 4.69) is 0 Å². The highest BCUT2D eigenvalue weighted by molar-refractivity contribution is 5.46. The van der Waals surface area contributed by atoms with Gasteiger partial charge < -0.3 is 19.3 Å². The molecule has 124 valence electrons. The predicted octanol–water partition coefficient (Wildman–Crippen LogP) is 4.19. The Morgan fingerprint density at radius 2 is 1.38 bits per heavy atom. The summed E-state index contributed by atoms with van der Waals surface area (Å²) in [5.74, 6) is 1.74. The molecule has 1 aliphatic rings. The molecule has 0 unspecified atom stereocenters. The van der Waals surface area contributed by atoms with Crippen molar-refractivity contribution in [1.82, 2.24) is 0 Å². The highest BCUT2D eigenvalue weighted by Crippen LogP contribution is 2.36. The third-order valence-corrected chi connectivity index (χ3v) is 4.14. The fourth-order valence-corrected chi connectivity index (χ4v) is 2.85. The quantitative estimate of drug-likeness (QED) is 0.896. The average Bonchev–Trinajstić information content (AvgIpc) is 2.64. The van der Waals surface area contributed by atoms with E-state index in [1.165, 1.54) is 6.26 Å². The molecule has 0 atom stereocenters. The van der Waals surface area contributed by atoms with Crippen LogP contribution < -0.4 is 9.47 Å². The Morgan fingerprint density at radius 1 is 0.875 bits per heavy atom. The first-order valence-corrected chi connectivity index (χ1v) is 7.71. The Bertz CT molecular complexity index is 695. The maximum Gasteiger partial charge on any atom is 0.122 e. The first-order chi connectivity index (χ1) is 11.7. The van der Waals surface area contributed by atoms with Crippen LogP contribution in [0.4, 0.5) is 0 Å². The largest absolute Gasteiger partial charge is 0.508 e. The van der Waals surface area contributed by atoms with E-state index in [0.717, 1.165) is 28.2 Å². The summed E-state index contributed by atoms with van der Waals surface area (Å²) in [6, 6.07) is 15.7. The molecule has 0 saturated carbocycles. The van der Waals surface area contributed by atoms with Gasteiger partial charge in [0.15, 0.2) is 0 Å². The number of ether oxygens (including phenoxy) is 3. The molecule has 0 spiro atoms. The number of hydrogen-bond acceptors (Lipinski definition) is 4. The van der Waals surface area contributed by atoms with Gasteiger partial charge in [0, 0.05) is 17.6 Å². The standard InChI is InChI=1S/C20H20O4/c1-22-16-7-3-14(4-8-16)20(18-13-24-12-11-19(18)21)15-5-9-17(23-2)10-6-15/h3-12,20-21H,13H2,1-2H3. The van der Waals surface area contributed by atoms with Crippen LogP contribution in [-0.2, 0) is 4.74 Å². The van der Waals surface area contributed by atoms with Crippen molar-refractivity contribution in [2.24, 2.45) is 0 Å². The third kappa shape index (κ3) is 3.23. The molecule has 2 aromatic rings. The number of benzene rings is 2. The van der Waals surface area contributed by atoms with Gasteiger partial charge in [-0.1, -0.05) is 24.3 Å². The highest BCUT2D eigenvalue weighted by atomic mass is 16.5. The second-order valence-electron chi connectivity index (χ2n) is 5.50. The second kappa shape index (κ2) is 7.13. The maximum atomic E-state index is 10.3. The summed E-state index contributed by atoms with van der Waals surface area (Å²) < 4.78 is 15.9. The van der Waals surface area contributed by atoms with E-state index in [9.17, 15) is 5.11 Å². The molecule has 24 heavy (non-hydrogen) atoms. The lowest BCUT2D eigenvalue weighted by atomic mass is 9.84. The van der Waals surface area contributed by atoms with E-state index >= 15 is 0 Å². The average molecular weight is 324 g/mol. The molecule has 4 heteroatoms. The zero-order valence-corrected chi connectivity index (χ0v) is 13.7. The summed E-state index contributed by atoms with van der Waals surface area (Å²) in [4.78, 5) is 0. The Kier molecular flexibility index (Phi) is 4.75. The minimum absolute atomic E-state index is 0.105. The minimum Gasteiger partial charge on any atom is -0.508 e. The van der Waals surface area contributed by atoms with Crippen molar-refractivity contribution in [3.8, 4) is 11.5 Å². The second-order valence-corrected chi connectivity index (χ2v) is 5.50. The molecule has 3 rings (SSSR count). The molecule has 4 nitrogen and oxygen atoms in total. The molecule has 0 amide bonds. The van der Waals surface area contributed by atoms with E-state index in [1.807, 2.05) is 48.5 Å². The van der Waals surface area contributed by atoms with Crippen LogP contribution in [0.3, 0.4) is 0 Å². The van der Waals surface area contributed by atoms with Crippen molar-refractivity contribution in [3.63, 3.8) is 0 Å². The molecule has 0 aliphatic carbocycles. The molecule has 0 saturated heterocycles. The Balaban J connectivity index is 2.07. The van der Waals surface area contributed by atoms with E-state index in [-0.39, 0.29) is 11.7 Å². The van der Waals surface area contributed by atoms with Gasteiger partial charge in [-0.15, -0.1) is 0 Å². The van der Waals surface area contributed by atoms with Gasteiger partial charge in [-0.05, 0) is 35.4 Å². The Labute approximate surface area is 141 Å². The number of rotatable bonds is 5. The molecule has 0 bridgehead atoms. The number of hydrogen-bond donors (Lipinski definition) is 1. The molecule has 2 aromatic carbocycles. The van der Waals surface area contributed by atoms with Gasteiger partial charge >= 0.3 is 0 Å². The highest BCUT2D eigenvalue weighted by Gasteiger charge is 2.24. The smallest absolute Gasteiger partial charge is 0.122 e. The molecule has 0 radical (unpaired) electrons. The van der Waals surface area contributed by atoms with Gasteiger partial charge in [-0.2, -0.15) is 0 Å². The van der Waals surface area contributed by atoms with Crippen LogP contribution >= 0.6 is 0 Å². The molecule has 1 N–H and O–H groups in total. The summed E-state index contributed by atoms with van der Waals surface area (Å²) in [5.41, 5.74) is 2.94. The molecular weight excluding hydrogens is 304 g/mol. The molecule has 0 fully saturated rings. The van der Waals surface area contributed by atoms with Crippen LogP contribution in [0.5, 0.6) is 11.5 Å². The van der Waals surface area contributed by atoms with Crippen molar-refractivity contribution in [2.45, 2.75) is 5.92 Å². The van der Waals surface area contributed by atoms with Crippen molar-refractivity contribution in [2.75, 3.05) is 20.8 Å². The lowest BCUT2D eigenvalue weighted by Crippen LogP contribution is -2.13. The van der Waals surface area contributed by atoms with Gasteiger partial charge in [0.05, 0.1) is 20.5 Å². The monoisotopic (exact) mass is 324 g/mol. The van der Waals surface area contributed by atoms with Gasteiger partial charge in [-0.3, -0.25) is 0 Å². The lowest BCUT2D eigenvalue weighted by molar-refractivity contribution is 0.253. The first-order valence-electron chi connectivity index (χ1n) is 7.71. The summed E-state index contributed by atoms with van der Waals surface area (Å²) in [6.07, 6.45) is 3.09. The maximum absolute atomic E-state index is 10.3. The number of allylic oxidation sites excluding steroid dienone is 1. The predicted molar refractivity (Wildman–Crippen MR) is 92.6 cm³/mol. The van der Waals surface area contributed by atoms with Crippen LogP contribution in [0.25, 0.3) is 0 Å². The summed E-state index contributed by atoms with van der Waals surface area (Å²) in [6.45, 7) is 0.352. The van der Waals surface area contributed by atoms with Crippen molar-refractivity contribution < 1.29 is 19.3 Å². The van der Waals surface area contributed by atoms with Crippen LogP contribution in [-0.4, -0.2) is 25.9 Å². The van der Waals surface area contributed by atoms with Crippen LogP contribution in [0.1, 0.15) is 17.0 Å². The van der Waals surface area contributed by atoms with Crippen LogP contribution in [0.15, 0.2) is 72.2 Å². The molecule has 1 heterocycles. The normalized spacial score (nSPS) is 13.8. The van der Waals surface area contributed by atoms with E-state index in [4.69, 9.17) is 14.2 Å². The van der Waals surface area contributed by atoms with Gasteiger partial charge in [0.2, 0.25) is 0 Å². The summed E-state index contributed by atoms with van der Waals surface area (Å²) in [7, 11) is 3.29. The zero-order chi connectivity index (χ0) is 16.9. The Morgan fingerprint density at radius 3 is 1.79 bits per heavy atom. The fourth-order valence-electron chi connectivity index (χ4n) is 2.85. The van der Waals surface area contributed by atoms with E-state index in [0.29, 0.717) is 6.61 Å². The van der Waals surface area contributed by atoms with Crippen LogP contribution in [0, 0.1) is 0 Å². The first kappa shape index (κ1) is 16.0. The van der Waals surface area contributed by atoms with Gasteiger partial charge in [0.25, 0.3) is 0 Å².